The molecule has 168 valence electrons. The molecule has 0 radical (unpaired) electrons. The van der Waals surface area contributed by atoms with Gasteiger partial charge in [0.1, 0.15) is 33.0 Å². The van der Waals surface area contributed by atoms with E-state index in [1.54, 1.807) is 28.8 Å². The van der Waals surface area contributed by atoms with E-state index in [-0.39, 0.29) is 34.7 Å². The number of fused-ring (bicyclic) bond motifs is 1. The van der Waals surface area contributed by atoms with Gasteiger partial charge in [-0.15, -0.1) is 0 Å². The number of halogens is 2. The van der Waals surface area contributed by atoms with Crippen LogP contribution < -0.4 is 16.2 Å². The Bertz CT molecular complexity index is 1370. The molecule has 0 spiro atoms. The van der Waals surface area contributed by atoms with Crippen molar-refractivity contribution in [1.82, 2.24) is 14.1 Å². The molecule has 3 heterocycles. The Balaban J connectivity index is 1.93. The van der Waals surface area contributed by atoms with Gasteiger partial charge in [0, 0.05) is 25.7 Å². The Labute approximate surface area is 200 Å². The topological polar surface area (TPSA) is 117 Å². The van der Waals surface area contributed by atoms with Crippen molar-refractivity contribution in [2.24, 2.45) is 5.73 Å². The number of aromatic nitrogens is 3. The van der Waals surface area contributed by atoms with Crippen LogP contribution in [-0.4, -0.2) is 33.2 Å². The molecule has 10 heteroatoms. The van der Waals surface area contributed by atoms with Gasteiger partial charge >= 0.3 is 0 Å². The fourth-order valence-corrected chi connectivity index (χ4v) is 4.42. The van der Waals surface area contributed by atoms with E-state index in [0.717, 1.165) is 12.8 Å². The van der Waals surface area contributed by atoms with E-state index >= 15 is 0 Å². The van der Waals surface area contributed by atoms with Crippen molar-refractivity contribution in [3.05, 3.63) is 68.2 Å². The summed E-state index contributed by atoms with van der Waals surface area (Å²) in [6, 6.07) is 11.4. The van der Waals surface area contributed by atoms with E-state index in [2.05, 4.69) is 17.1 Å². The quantitative estimate of drug-likeness (QED) is 0.597. The number of anilines is 1. The minimum Gasteiger partial charge on any atom is -0.355 e. The maximum atomic E-state index is 13.6. The molecule has 0 unspecified atom stereocenters. The molecule has 2 N–H and O–H groups in total. The monoisotopic (exact) mass is 481 g/mol. The highest BCUT2D eigenvalue weighted by Crippen LogP contribution is 2.32. The van der Waals surface area contributed by atoms with Crippen LogP contribution in [0.1, 0.15) is 29.5 Å². The summed E-state index contributed by atoms with van der Waals surface area (Å²) in [6.45, 7) is 1.64. The van der Waals surface area contributed by atoms with E-state index < -0.39 is 0 Å². The molecule has 33 heavy (non-hydrogen) atoms. The SMILES string of the molecule is N#Cc1ccccc1Cn1cnc2c(C#N)c(N3CCC[C@H](N)C3)n(CC=C(Cl)Cl)c2c1=O. The molecule has 1 fully saturated rings. The summed E-state index contributed by atoms with van der Waals surface area (Å²) in [5.74, 6) is 0.591. The van der Waals surface area contributed by atoms with Crippen LogP contribution in [-0.2, 0) is 13.1 Å². The number of allylic oxidation sites excluding steroid dienone is 1. The zero-order valence-corrected chi connectivity index (χ0v) is 19.2. The van der Waals surface area contributed by atoms with Gasteiger partial charge in [-0.2, -0.15) is 10.5 Å². The lowest BCUT2D eigenvalue weighted by molar-refractivity contribution is 0.499. The number of nitrogens with two attached hydrogens (primary N) is 1. The van der Waals surface area contributed by atoms with E-state index in [1.165, 1.54) is 10.9 Å². The van der Waals surface area contributed by atoms with Crippen molar-refractivity contribution in [1.29, 1.82) is 10.5 Å². The zero-order valence-electron chi connectivity index (χ0n) is 17.7. The first-order chi connectivity index (χ1) is 15.9. The van der Waals surface area contributed by atoms with Gasteiger partial charge in [0.15, 0.2) is 0 Å². The van der Waals surface area contributed by atoms with Crippen LogP contribution in [0.15, 0.2) is 46.0 Å². The number of hydrogen-bond donors (Lipinski definition) is 1. The zero-order chi connectivity index (χ0) is 23.5. The third-order valence-electron chi connectivity index (χ3n) is 5.78. The molecule has 0 bridgehead atoms. The summed E-state index contributed by atoms with van der Waals surface area (Å²) < 4.78 is 3.23. The highest BCUT2D eigenvalue weighted by molar-refractivity contribution is 6.55. The molecule has 0 aliphatic carbocycles. The summed E-state index contributed by atoms with van der Waals surface area (Å²) in [5, 5.41) is 19.4. The van der Waals surface area contributed by atoms with E-state index in [9.17, 15) is 15.3 Å². The first kappa shape index (κ1) is 22.9. The number of nitriles is 2. The predicted octanol–water partition coefficient (Wildman–Crippen LogP) is 3.24. The number of rotatable bonds is 5. The molecule has 8 nitrogen and oxygen atoms in total. The van der Waals surface area contributed by atoms with Crippen molar-refractivity contribution in [2.45, 2.75) is 32.0 Å². The normalized spacial score (nSPS) is 15.8. The van der Waals surface area contributed by atoms with Crippen LogP contribution in [0.5, 0.6) is 0 Å². The van der Waals surface area contributed by atoms with Crippen LogP contribution in [0.4, 0.5) is 5.82 Å². The standard InChI is InChI=1S/C23H21Cl2N7O/c24-19(25)7-9-32-21-20(18(11-27)22(32)30-8-3-6-17(28)13-30)29-14-31(23(21)33)12-16-5-2-1-4-15(16)10-26/h1-2,4-5,7,14,17H,3,6,8-9,12-13,28H2/t17-/m0/s1. The van der Waals surface area contributed by atoms with Gasteiger partial charge in [0.25, 0.3) is 5.56 Å². The molecule has 1 saturated heterocycles. The largest absolute Gasteiger partial charge is 0.355 e. The lowest BCUT2D eigenvalue weighted by Gasteiger charge is -2.33. The molecule has 1 aromatic carbocycles. The van der Waals surface area contributed by atoms with E-state index in [4.69, 9.17) is 28.9 Å². The molecule has 3 aromatic rings. The number of benzene rings is 1. The molecule has 0 amide bonds. The molecule has 2 aromatic heterocycles. The second-order valence-electron chi connectivity index (χ2n) is 7.91. The fraction of sp³-hybridized carbons (Fsp3) is 0.304. The first-order valence-electron chi connectivity index (χ1n) is 10.5. The first-order valence-corrected chi connectivity index (χ1v) is 11.2. The van der Waals surface area contributed by atoms with Gasteiger partial charge in [-0.3, -0.25) is 9.36 Å². The van der Waals surface area contributed by atoms with Crippen LogP contribution in [0.2, 0.25) is 0 Å². The predicted molar refractivity (Wildman–Crippen MR) is 128 cm³/mol. The molecule has 0 saturated carbocycles. The summed E-state index contributed by atoms with van der Waals surface area (Å²) in [7, 11) is 0. The minimum atomic E-state index is -0.323. The van der Waals surface area contributed by atoms with Gasteiger partial charge < -0.3 is 15.2 Å². The van der Waals surface area contributed by atoms with Crippen LogP contribution in [0.25, 0.3) is 11.0 Å². The average Bonchev–Trinajstić information content (AvgIpc) is 3.13. The number of hydrogen-bond acceptors (Lipinski definition) is 6. The summed E-state index contributed by atoms with van der Waals surface area (Å²) in [4.78, 5) is 20.1. The fourth-order valence-electron chi connectivity index (χ4n) is 4.29. The van der Waals surface area contributed by atoms with Gasteiger partial charge in [-0.25, -0.2) is 4.98 Å². The van der Waals surface area contributed by atoms with Gasteiger partial charge in [-0.1, -0.05) is 41.4 Å². The Morgan fingerprint density at radius 3 is 2.76 bits per heavy atom. The molecule has 4 rings (SSSR count). The van der Waals surface area contributed by atoms with Crippen LogP contribution in [0, 0.1) is 22.7 Å². The van der Waals surface area contributed by atoms with Gasteiger partial charge in [0.2, 0.25) is 0 Å². The molecule has 1 atom stereocenters. The summed E-state index contributed by atoms with van der Waals surface area (Å²) in [6.07, 6.45) is 4.76. The van der Waals surface area contributed by atoms with E-state index in [1.807, 2.05) is 11.0 Å². The Morgan fingerprint density at radius 2 is 2.06 bits per heavy atom. The maximum absolute atomic E-state index is 13.6. The van der Waals surface area contributed by atoms with Gasteiger partial charge in [-0.05, 0) is 30.5 Å². The lowest BCUT2D eigenvalue weighted by Crippen LogP contribution is -2.44. The summed E-state index contributed by atoms with van der Waals surface area (Å²) >= 11 is 11.8. The third-order valence-corrected chi connectivity index (χ3v) is 6.08. The third kappa shape index (κ3) is 4.46. The van der Waals surface area contributed by atoms with E-state index in [0.29, 0.717) is 41.1 Å². The van der Waals surface area contributed by atoms with Crippen molar-refractivity contribution in [3.8, 4) is 12.1 Å². The lowest BCUT2D eigenvalue weighted by atomic mass is 10.1. The molecule has 1 aliphatic heterocycles. The molecular formula is C23H21Cl2N7O. The average molecular weight is 482 g/mol. The summed E-state index contributed by atoms with van der Waals surface area (Å²) in [5.41, 5.74) is 7.97. The second-order valence-corrected chi connectivity index (χ2v) is 8.91. The maximum Gasteiger partial charge on any atom is 0.278 e. The van der Waals surface area contributed by atoms with Crippen molar-refractivity contribution in [2.75, 3.05) is 18.0 Å². The smallest absolute Gasteiger partial charge is 0.278 e. The van der Waals surface area contributed by atoms with Crippen molar-refractivity contribution in [3.63, 3.8) is 0 Å². The Morgan fingerprint density at radius 1 is 1.27 bits per heavy atom. The molecule has 1 aliphatic rings. The Hall–Kier alpha value is -3.30. The number of nitrogens with zero attached hydrogens (tertiary/aromatic N) is 6. The minimum absolute atomic E-state index is 0.0315. The van der Waals surface area contributed by atoms with Gasteiger partial charge in [0.05, 0.1) is 24.5 Å². The molecular weight excluding hydrogens is 461 g/mol. The van der Waals surface area contributed by atoms with Crippen LogP contribution >= 0.6 is 23.2 Å². The number of piperidine rings is 1. The highest BCUT2D eigenvalue weighted by Gasteiger charge is 2.28. The van der Waals surface area contributed by atoms with Crippen LogP contribution in [0.3, 0.4) is 0 Å². The van der Waals surface area contributed by atoms with Crippen molar-refractivity contribution < 1.29 is 0 Å². The highest BCUT2D eigenvalue weighted by atomic mass is 35.5. The Kier molecular flexibility index (Phi) is 6.71. The second kappa shape index (κ2) is 9.68. The van der Waals surface area contributed by atoms with Crippen molar-refractivity contribution >= 4 is 40.1 Å².